The number of carbonyl (C=O) groups is 1. The predicted molar refractivity (Wildman–Crippen MR) is 71.9 cm³/mol. The number of aromatic nitrogens is 2. The first-order valence-corrected chi connectivity index (χ1v) is 7.01. The third kappa shape index (κ3) is 2.26. The van der Waals surface area contributed by atoms with Crippen LogP contribution in [-0.4, -0.2) is 39.1 Å². The Hall–Kier alpha value is -1.03. The maximum atomic E-state index is 12.6. The molecule has 4 nitrogen and oxygen atoms in total. The highest BCUT2D eigenvalue weighted by atomic mass is 35.5. The molecule has 1 fully saturated rings. The van der Waals surface area contributed by atoms with Gasteiger partial charge in [-0.1, -0.05) is 13.8 Å². The zero-order valence-corrected chi connectivity index (χ0v) is 11.9. The highest BCUT2D eigenvalue weighted by Gasteiger charge is 2.35. The molecule has 1 aromatic rings. The molecule has 0 aliphatic carbocycles. The molecule has 1 aromatic heterocycles. The van der Waals surface area contributed by atoms with Gasteiger partial charge in [0.05, 0.1) is 11.3 Å². The Balaban J connectivity index is 2.25. The van der Waals surface area contributed by atoms with Gasteiger partial charge in [-0.2, -0.15) is 5.10 Å². The van der Waals surface area contributed by atoms with Crippen molar-refractivity contribution in [2.45, 2.75) is 32.7 Å². The van der Waals surface area contributed by atoms with Crippen LogP contribution in [0.5, 0.6) is 0 Å². The summed E-state index contributed by atoms with van der Waals surface area (Å²) in [5, 5.41) is 4.33. The summed E-state index contributed by atoms with van der Waals surface area (Å²) in [6.45, 7) is 4.98. The molecule has 1 saturated heterocycles. The number of nitrogens with zero attached hydrogens (tertiary/aromatic N) is 3. The van der Waals surface area contributed by atoms with Gasteiger partial charge in [0, 0.05) is 31.7 Å². The minimum absolute atomic E-state index is 0.0787. The molecule has 2 atom stereocenters. The Labute approximate surface area is 113 Å². The zero-order valence-electron chi connectivity index (χ0n) is 11.2. The first-order chi connectivity index (χ1) is 8.58. The molecule has 2 heterocycles. The SMILES string of the molecule is CCc1nn(C)cc1C(=O)N1CCC(C)C1CCl. The molecule has 18 heavy (non-hydrogen) atoms. The predicted octanol–water partition coefficient (Wildman–Crippen LogP) is 2.07. The lowest BCUT2D eigenvalue weighted by molar-refractivity contribution is 0.0736. The molecule has 1 amide bonds. The van der Waals surface area contributed by atoms with Crippen LogP contribution in [0.2, 0.25) is 0 Å². The molecule has 5 heteroatoms. The molecule has 0 N–H and O–H groups in total. The summed E-state index contributed by atoms with van der Waals surface area (Å²) in [4.78, 5) is 14.5. The number of rotatable bonds is 3. The van der Waals surface area contributed by atoms with E-state index in [9.17, 15) is 4.79 Å². The number of likely N-dealkylation sites (tertiary alicyclic amines) is 1. The van der Waals surface area contributed by atoms with E-state index in [1.54, 1.807) is 4.68 Å². The lowest BCUT2D eigenvalue weighted by atomic mass is 10.0. The minimum Gasteiger partial charge on any atom is -0.334 e. The van der Waals surface area contributed by atoms with Gasteiger partial charge in [-0.05, 0) is 18.8 Å². The molecule has 2 rings (SSSR count). The topological polar surface area (TPSA) is 38.1 Å². The van der Waals surface area contributed by atoms with Crippen molar-refractivity contribution in [3.63, 3.8) is 0 Å². The van der Waals surface area contributed by atoms with Gasteiger partial charge in [-0.25, -0.2) is 0 Å². The summed E-state index contributed by atoms with van der Waals surface area (Å²) in [7, 11) is 1.85. The average Bonchev–Trinajstić information content (AvgIpc) is 2.91. The Morgan fingerprint density at radius 2 is 2.33 bits per heavy atom. The second-order valence-corrected chi connectivity index (χ2v) is 5.31. The van der Waals surface area contributed by atoms with Crippen LogP contribution in [0, 0.1) is 5.92 Å². The quantitative estimate of drug-likeness (QED) is 0.788. The summed E-state index contributed by atoms with van der Waals surface area (Å²) in [5.41, 5.74) is 1.60. The largest absolute Gasteiger partial charge is 0.334 e. The fourth-order valence-corrected chi connectivity index (χ4v) is 3.10. The van der Waals surface area contributed by atoms with Gasteiger partial charge in [0.25, 0.3) is 5.91 Å². The molecule has 0 radical (unpaired) electrons. The van der Waals surface area contributed by atoms with Gasteiger partial charge in [0.1, 0.15) is 0 Å². The molecular formula is C13H20ClN3O. The number of alkyl halides is 1. The Kier molecular flexibility index (Phi) is 3.95. The number of amides is 1. The van der Waals surface area contributed by atoms with E-state index in [4.69, 9.17) is 11.6 Å². The van der Waals surface area contributed by atoms with Crippen molar-refractivity contribution in [3.05, 3.63) is 17.5 Å². The van der Waals surface area contributed by atoms with E-state index in [0.717, 1.165) is 30.6 Å². The second kappa shape index (κ2) is 5.31. The van der Waals surface area contributed by atoms with Gasteiger partial charge in [-0.15, -0.1) is 11.6 Å². The van der Waals surface area contributed by atoms with Crippen LogP contribution in [0.15, 0.2) is 6.20 Å². The van der Waals surface area contributed by atoms with Crippen LogP contribution in [-0.2, 0) is 13.5 Å². The summed E-state index contributed by atoms with van der Waals surface area (Å²) in [6.07, 6.45) is 3.62. The number of aryl methyl sites for hydroxylation is 2. The summed E-state index contributed by atoms with van der Waals surface area (Å²) >= 11 is 5.99. The molecular weight excluding hydrogens is 250 g/mol. The summed E-state index contributed by atoms with van der Waals surface area (Å²) in [6, 6.07) is 0.157. The highest BCUT2D eigenvalue weighted by molar-refractivity contribution is 6.18. The van der Waals surface area contributed by atoms with Crippen molar-refractivity contribution in [2.24, 2.45) is 13.0 Å². The van der Waals surface area contributed by atoms with Gasteiger partial charge >= 0.3 is 0 Å². The van der Waals surface area contributed by atoms with E-state index in [2.05, 4.69) is 12.0 Å². The lowest BCUT2D eigenvalue weighted by Gasteiger charge is -2.25. The molecule has 0 bridgehead atoms. The van der Waals surface area contributed by atoms with Crippen LogP contribution in [0.25, 0.3) is 0 Å². The minimum atomic E-state index is 0.0787. The molecule has 0 spiro atoms. The molecule has 100 valence electrons. The van der Waals surface area contributed by atoms with E-state index in [-0.39, 0.29) is 11.9 Å². The smallest absolute Gasteiger partial charge is 0.257 e. The molecule has 0 aromatic carbocycles. The van der Waals surface area contributed by atoms with Crippen molar-refractivity contribution >= 4 is 17.5 Å². The van der Waals surface area contributed by atoms with Crippen LogP contribution in [0.4, 0.5) is 0 Å². The third-order valence-corrected chi connectivity index (χ3v) is 4.09. The van der Waals surface area contributed by atoms with E-state index in [0.29, 0.717) is 11.8 Å². The van der Waals surface area contributed by atoms with Gasteiger partial charge < -0.3 is 4.90 Å². The van der Waals surface area contributed by atoms with E-state index < -0.39 is 0 Å². The van der Waals surface area contributed by atoms with Crippen molar-refractivity contribution in [1.82, 2.24) is 14.7 Å². The number of carbonyl (C=O) groups excluding carboxylic acids is 1. The van der Waals surface area contributed by atoms with Gasteiger partial charge in [0.2, 0.25) is 0 Å². The van der Waals surface area contributed by atoms with Crippen LogP contribution in [0.1, 0.15) is 36.3 Å². The summed E-state index contributed by atoms with van der Waals surface area (Å²) in [5.74, 6) is 1.07. The van der Waals surface area contributed by atoms with Crippen molar-refractivity contribution in [3.8, 4) is 0 Å². The number of hydrogen-bond donors (Lipinski definition) is 0. The summed E-state index contributed by atoms with van der Waals surface area (Å²) < 4.78 is 1.71. The number of halogens is 1. The lowest BCUT2D eigenvalue weighted by Crippen LogP contribution is -2.38. The fourth-order valence-electron chi connectivity index (χ4n) is 2.62. The van der Waals surface area contributed by atoms with E-state index >= 15 is 0 Å². The standard InChI is InChI=1S/C13H20ClN3O/c1-4-11-10(8-16(3)15-11)13(18)17-6-5-9(2)12(17)7-14/h8-9,12H,4-7H2,1-3H3. The normalized spacial score (nSPS) is 23.7. The second-order valence-electron chi connectivity index (χ2n) is 5.00. The molecule has 1 aliphatic rings. The maximum Gasteiger partial charge on any atom is 0.257 e. The van der Waals surface area contributed by atoms with Gasteiger partial charge in [-0.3, -0.25) is 9.48 Å². The molecule has 1 aliphatic heterocycles. The van der Waals surface area contributed by atoms with Crippen LogP contribution < -0.4 is 0 Å². The molecule has 2 unspecified atom stereocenters. The van der Waals surface area contributed by atoms with E-state index in [1.807, 2.05) is 25.1 Å². The van der Waals surface area contributed by atoms with Gasteiger partial charge in [0.15, 0.2) is 0 Å². The zero-order chi connectivity index (χ0) is 13.3. The first kappa shape index (κ1) is 13.4. The fraction of sp³-hybridized carbons (Fsp3) is 0.692. The van der Waals surface area contributed by atoms with Crippen LogP contribution in [0.3, 0.4) is 0 Å². The van der Waals surface area contributed by atoms with Crippen molar-refractivity contribution in [2.75, 3.05) is 12.4 Å². The van der Waals surface area contributed by atoms with E-state index in [1.165, 1.54) is 0 Å². The highest BCUT2D eigenvalue weighted by Crippen LogP contribution is 2.27. The monoisotopic (exact) mass is 269 g/mol. The van der Waals surface area contributed by atoms with Crippen molar-refractivity contribution in [1.29, 1.82) is 0 Å². The van der Waals surface area contributed by atoms with Crippen molar-refractivity contribution < 1.29 is 4.79 Å². The number of hydrogen-bond acceptors (Lipinski definition) is 2. The first-order valence-electron chi connectivity index (χ1n) is 6.47. The molecule has 0 saturated carbocycles. The average molecular weight is 270 g/mol. The Bertz CT molecular complexity index is 443. The Morgan fingerprint density at radius 1 is 1.61 bits per heavy atom. The maximum absolute atomic E-state index is 12.6. The third-order valence-electron chi connectivity index (χ3n) is 3.77. The Morgan fingerprint density at radius 3 is 2.94 bits per heavy atom. The van der Waals surface area contributed by atoms with Crippen LogP contribution >= 0.6 is 11.6 Å².